The van der Waals surface area contributed by atoms with E-state index in [9.17, 15) is 9.18 Å². The predicted molar refractivity (Wildman–Crippen MR) is 70.8 cm³/mol. The Balaban J connectivity index is 1.76. The average Bonchev–Trinajstić information content (AvgIpc) is 2.44. The highest BCUT2D eigenvalue weighted by atomic mass is 19.1. The predicted octanol–water partition coefficient (Wildman–Crippen LogP) is 2.47. The van der Waals surface area contributed by atoms with Crippen LogP contribution in [0.5, 0.6) is 0 Å². The molecule has 0 spiro atoms. The molecule has 0 fully saturated rings. The van der Waals surface area contributed by atoms with Crippen molar-refractivity contribution >= 4 is 5.91 Å². The van der Waals surface area contributed by atoms with Gasteiger partial charge in [-0.3, -0.25) is 9.78 Å². The van der Waals surface area contributed by atoms with Gasteiger partial charge >= 0.3 is 0 Å². The lowest BCUT2D eigenvalue weighted by molar-refractivity contribution is -0.121. The molecule has 0 saturated carbocycles. The summed E-state index contributed by atoms with van der Waals surface area (Å²) in [6.07, 6.45) is 2.57. The maximum atomic E-state index is 13.0. The van der Waals surface area contributed by atoms with E-state index in [0.717, 1.165) is 11.3 Å². The second-order valence-corrected chi connectivity index (χ2v) is 4.23. The molecule has 2 aromatic rings. The third-order valence-corrected chi connectivity index (χ3v) is 2.72. The Bertz CT molecular complexity index is 543. The summed E-state index contributed by atoms with van der Waals surface area (Å²) in [6.45, 7) is 0.419. The molecule has 0 aliphatic rings. The second kappa shape index (κ2) is 6.64. The van der Waals surface area contributed by atoms with Crippen molar-refractivity contribution in [2.75, 3.05) is 0 Å². The van der Waals surface area contributed by atoms with Crippen LogP contribution in [0, 0.1) is 5.82 Å². The minimum atomic E-state index is -0.272. The van der Waals surface area contributed by atoms with Crippen LogP contribution in [0.2, 0.25) is 0 Å². The molecule has 1 aromatic carbocycles. The van der Waals surface area contributed by atoms with Gasteiger partial charge in [-0.05, 0) is 36.2 Å². The van der Waals surface area contributed by atoms with Crippen LogP contribution in [0.15, 0.2) is 48.7 Å². The largest absolute Gasteiger partial charge is 0.350 e. The van der Waals surface area contributed by atoms with Crippen LogP contribution in [-0.4, -0.2) is 10.9 Å². The van der Waals surface area contributed by atoms with Crippen LogP contribution in [-0.2, 0) is 17.8 Å². The van der Waals surface area contributed by atoms with Crippen molar-refractivity contribution in [2.24, 2.45) is 0 Å². The maximum Gasteiger partial charge on any atom is 0.220 e. The van der Waals surface area contributed by atoms with Crippen molar-refractivity contribution in [3.63, 3.8) is 0 Å². The highest BCUT2D eigenvalue weighted by molar-refractivity contribution is 5.76. The van der Waals surface area contributed by atoms with Crippen LogP contribution >= 0.6 is 0 Å². The number of halogens is 1. The Morgan fingerprint density at radius 3 is 2.84 bits per heavy atom. The smallest absolute Gasteiger partial charge is 0.220 e. The lowest BCUT2D eigenvalue weighted by atomic mass is 10.1. The number of aromatic nitrogens is 1. The zero-order valence-electron chi connectivity index (χ0n) is 10.5. The Morgan fingerprint density at radius 1 is 1.21 bits per heavy atom. The van der Waals surface area contributed by atoms with Crippen LogP contribution in [0.25, 0.3) is 0 Å². The molecule has 4 heteroatoms. The van der Waals surface area contributed by atoms with E-state index in [1.807, 2.05) is 24.3 Å². The molecule has 3 nitrogen and oxygen atoms in total. The molecule has 19 heavy (non-hydrogen) atoms. The van der Waals surface area contributed by atoms with Gasteiger partial charge in [-0.15, -0.1) is 0 Å². The summed E-state index contributed by atoms with van der Waals surface area (Å²) in [6, 6.07) is 11.9. The number of carbonyl (C=O) groups is 1. The molecule has 0 aliphatic heterocycles. The van der Waals surface area contributed by atoms with E-state index in [2.05, 4.69) is 10.3 Å². The van der Waals surface area contributed by atoms with Gasteiger partial charge in [0, 0.05) is 12.6 Å². The van der Waals surface area contributed by atoms with Crippen molar-refractivity contribution in [1.82, 2.24) is 10.3 Å². The molecule has 2 rings (SSSR count). The number of pyridine rings is 1. The molecule has 1 N–H and O–H groups in total. The van der Waals surface area contributed by atoms with Crippen LogP contribution < -0.4 is 5.32 Å². The first kappa shape index (κ1) is 13.2. The fraction of sp³-hybridized carbons (Fsp3) is 0.200. The third-order valence-electron chi connectivity index (χ3n) is 2.72. The highest BCUT2D eigenvalue weighted by Crippen LogP contribution is 2.06. The summed E-state index contributed by atoms with van der Waals surface area (Å²) >= 11 is 0. The number of benzene rings is 1. The van der Waals surface area contributed by atoms with Crippen molar-refractivity contribution in [3.8, 4) is 0 Å². The van der Waals surface area contributed by atoms with E-state index < -0.39 is 0 Å². The molecule has 0 atom stereocenters. The van der Waals surface area contributed by atoms with Gasteiger partial charge in [-0.2, -0.15) is 0 Å². The van der Waals surface area contributed by atoms with Crippen molar-refractivity contribution in [2.45, 2.75) is 19.4 Å². The van der Waals surface area contributed by atoms with Crippen LogP contribution in [0.3, 0.4) is 0 Å². The quantitative estimate of drug-likeness (QED) is 0.895. The number of nitrogens with zero attached hydrogens (tertiary/aromatic N) is 1. The van der Waals surface area contributed by atoms with Crippen molar-refractivity contribution in [3.05, 3.63) is 65.7 Å². The summed E-state index contributed by atoms with van der Waals surface area (Å²) in [5.41, 5.74) is 1.65. The topological polar surface area (TPSA) is 42.0 Å². The van der Waals surface area contributed by atoms with E-state index in [-0.39, 0.29) is 11.7 Å². The Morgan fingerprint density at radius 2 is 2.11 bits per heavy atom. The molecule has 1 heterocycles. The molecule has 1 amide bonds. The number of hydrogen-bond donors (Lipinski definition) is 1. The minimum absolute atomic E-state index is 0.0603. The van der Waals surface area contributed by atoms with E-state index >= 15 is 0 Å². The van der Waals surface area contributed by atoms with E-state index in [1.54, 1.807) is 12.3 Å². The molecular formula is C15H15FN2O. The van der Waals surface area contributed by atoms with Gasteiger partial charge in [0.15, 0.2) is 0 Å². The van der Waals surface area contributed by atoms with Crippen molar-refractivity contribution < 1.29 is 9.18 Å². The van der Waals surface area contributed by atoms with E-state index in [4.69, 9.17) is 0 Å². The standard InChI is InChI=1S/C15H15FN2O/c16-13-5-3-4-12(10-13)7-8-15(19)18-11-14-6-1-2-9-17-14/h1-6,9-10H,7-8,11H2,(H,18,19). The molecular weight excluding hydrogens is 243 g/mol. The summed E-state index contributed by atoms with van der Waals surface area (Å²) in [7, 11) is 0. The number of rotatable bonds is 5. The van der Waals surface area contributed by atoms with E-state index in [0.29, 0.717) is 19.4 Å². The SMILES string of the molecule is O=C(CCc1cccc(F)c1)NCc1ccccn1. The van der Waals surface area contributed by atoms with Crippen LogP contribution in [0.4, 0.5) is 4.39 Å². The lowest BCUT2D eigenvalue weighted by Gasteiger charge is -2.05. The van der Waals surface area contributed by atoms with Gasteiger partial charge < -0.3 is 5.32 Å². The van der Waals surface area contributed by atoms with Crippen molar-refractivity contribution in [1.29, 1.82) is 0 Å². The fourth-order valence-electron chi connectivity index (χ4n) is 1.73. The molecule has 0 bridgehead atoms. The highest BCUT2D eigenvalue weighted by Gasteiger charge is 2.03. The molecule has 1 aromatic heterocycles. The normalized spacial score (nSPS) is 10.2. The number of carbonyl (C=O) groups excluding carboxylic acids is 1. The van der Waals surface area contributed by atoms with Gasteiger partial charge in [0.2, 0.25) is 5.91 Å². The molecule has 0 radical (unpaired) electrons. The Labute approximate surface area is 111 Å². The Hall–Kier alpha value is -2.23. The van der Waals surface area contributed by atoms with E-state index in [1.165, 1.54) is 12.1 Å². The zero-order valence-corrected chi connectivity index (χ0v) is 10.5. The molecule has 98 valence electrons. The minimum Gasteiger partial charge on any atom is -0.350 e. The summed E-state index contributed by atoms with van der Waals surface area (Å²) in [5, 5.41) is 2.79. The average molecular weight is 258 g/mol. The van der Waals surface area contributed by atoms with Gasteiger partial charge in [0.1, 0.15) is 5.82 Å². The lowest BCUT2D eigenvalue weighted by Crippen LogP contribution is -2.23. The van der Waals surface area contributed by atoms with Gasteiger partial charge in [0.25, 0.3) is 0 Å². The third kappa shape index (κ3) is 4.50. The number of aryl methyl sites for hydroxylation is 1. The Kier molecular flexibility index (Phi) is 4.61. The molecule has 0 aliphatic carbocycles. The fourth-order valence-corrected chi connectivity index (χ4v) is 1.73. The maximum absolute atomic E-state index is 13.0. The first-order valence-corrected chi connectivity index (χ1v) is 6.15. The zero-order chi connectivity index (χ0) is 13.5. The van der Waals surface area contributed by atoms with Crippen LogP contribution in [0.1, 0.15) is 17.7 Å². The number of nitrogens with one attached hydrogen (secondary N) is 1. The summed E-state index contributed by atoms with van der Waals surface area (Å²) in [5.74, 6) is -0.332. The van der Waals surface area contributed by atoms with Gasteiger partial charge in [-0.25, -0.2) is 4.39 Å². The second-order valence-electron chi connectivity index (χ2n) is 4.23. The number of amides is 1. The molecule has 0 unspecified atom stereocenters. The first-order chi connectivity index (χ1) is 9.24. The number of hydrogen-bond acceptors (Lipinski definition) is 2. The first-order valence-electron chi connectivity index (χ1n) is 6.15. The monoisotopic (exact) mass is 258 g/mol. The van der Waals surface area contributed by atoms with Gasteiger partial charge in [0.05, 0.1) is 12.2 Å². The molecule has 0 saturated heterocycles. The summed E-state index contributed by atoms with van der Waals surface area (Å²) in [4.78, 5) is 15.8. The van der Waals surface area contributed by atoms with Gasteiger partial charge in [-0.1, -0.05) is 18.2 Å². The summed E-state index contributed by atoms with van der Waals surface area (Å²) < 4.78 is 13.0.